The molecule has 0 aliphatic carbocycles. The number of aromatic hydroxyl groups is 2. The monoisotopic (exact) mass is 1640 g/mol. The summed E-state index contributed by atoms with van der Waals surface area (Å²) < 4.78 is 138. The third kappa shape index (κ3) is 59.7. The van der Waals surface area contributed by atoms with Gasteiger partial charge in [0.25, 0.3) is 0 Å². The quantitative estimate of drug-likeness (QED) is 0.0262. The zero-order valence-corrected chi connectivity index (χ0v) is 67.1. The van der Waals surface area contributed by atoms with Crippen molar-refractivity contribution < 1.29 is 152 Å². The molecule has 0 aliphatic heterocycles. The molecule has 2 aromatic heterocycles. The molecule has 1 aromatic carbocycles. The molecule has 1 unspecified atom stereocenters. The van der Waals surface area contributed by atoms with E-state index >= 15 is 0 Å². The Hall–Kier alpha value is -5.97. The summed E-state index contributed by atoms with van der Waals surface area (Å²) in [5.74, 6) is -3.06. The van der Waals surface area contributed by atoms with Crippen LogP contribution in [0.1, 0.15) is 49.7 Å². The topological polar surface area (TPSA) is 437 Å². The summed E-state index contributed by atoms with van der Waals surface area (Å²) in [7, 11) is 1.64. The van der Waals surface area contributed by atoms with Crippen LogP contribution in [0.2, 0.25) is 0 Å². The van der Waals surface area contributed by atoms with Crippen LogP contribution in [0.4, 0.5) is 5.69 Å². The lowest BCUT2D eigenvalue weighted by Crippen LogP contribution is -2.48. The van der Waals surface area contributed by atoms with Gasteiger partial charge in [-0.2, -0.15) is 0 Å². The summed E-state index contributed by atoms with van der Waals surface area (Å²) in [6.07, 6.45) is 0.970. The Bertz CT molecular complexity index is 2810. The minimum Gasteiger partial charge on any atom is -0.492 e. The van der Waals surface area contributed by atoms with Crippen molar-refractivity contribution in [2.24, 2.45) is 0 Å². The summed E-state index contributed by atoms with van der Waals surface area (Å²) in [4.78, 5) is 69.6. The van der Waals surface area contributed by atoms with Gasteiger partial charge in [0.15, 0.2) is 0 Å². The standard InChI is InChI=1S/C76H131N5O33/c1-64-66-8-7-65(77)62-69(66)113-76(88)67(64)63-71(83)80-68(9-10-70(82)78-13-5-3-4-6-74(86)114-81-72(84)11-12-73(81)85)75(87)79-14-15-90-18-19-92-22-23-94-26-27-96-30-31-98-34-35-100-38-39-102-42-43-104-46-47-106-50-51-108-54-55-110-58-59-112-61-60-111-57-56-109-53-52-107-49-48-105-45-44-103-41-40-101-37-36-99-33-32-97-29-28-95-25-24-93-21-20-91-17-16-89-2/h7-8,11-12,62,68,84-85H,3-6,9-10,13-61,63,77H2,1-2H3,(H,78,82)(H,79,87)(H,80,83). The second-order valence-corrected chi connectivity index (χ2v) is 24.4. The van der Waals surface area contributed by atoms with Crippen LogP contribution < -0.4 is 32.1 Å². The number of ether oxygens (including phenoxy) is 24. The molecule has 0 saturated heterocycles. The maximum atomic E-state index is 13.4. The van der Waals surface area contributed by atoms with Crippen LogP contribution in [0.5, 0.6) is 11.8 Å². The van der Waals surface area contributed by atoms with Gasteiger partial charge < -0.3 is 155 Å². The van der Waals surface area contributed by atoms with E-state index in [0.29, 0.717) is 331 Å². The molecular formula is C76H131N5O33. The Morgan fingerprint density at radius 2 is 0.711 bits per heavy atom. The van der Waals surface area contributed by atoms with Gasteiger partial charge in [0.1, 0.15) is 11.6 Å². The first-order valence-corrected chi connectivity index (χ1v) is 39.2. The number of aryl methyl sites for hydroxylation is 1. The number of amides is 3. The average Bonchev–Trinajstić information content (AvgIpc) is 0.951. The van der Waals surface area contributed by atoms with E-state index in [4.69, 9.17) is 129 Å². The second-order valence-electron chi connectivity index (χ2n) is 24.4. The zero-order chi connectivity index (χ0) is 81.7. The number of aromatic nitrogens is 1. The molecule has 1 atom stereocenters. The van der Waals surface area contributed by atoms with E-state index in [-0.39, 0.29) is 75.6 Å². The van der Waals surface area contributed by atoms with Gasteiger partial charge in [-0.15, -0.1) is 4.73 Å². The van der Waals surface area contributed by atoms with Crippen LogP contribution in [0, 0.1) is 6.92 Å². The number of nitrogens with zero attached hydrogens (tertiary/aromatic N) is 1. The summed E-state index contributed by atoms with van der Waals surface area (Å²) in [5.41, 5.74) is 6.48. The summed E-state index contributed by atoms with van der Waals surface area (Å²) in [6.45, 7) is 23.2. The second kappa shape index (κ2) is 75.8. The molecule has 3 rings (SSSR count). The van der Waals surface area contributed by atoms with E-state index in [1.165, 1.54) is 18.2 Å². The van der Waals surface area contributed by atoms with E-state index < -0.39 is 41.2 Å². The molecule has 0 aliphatic rings. The average molecular weight is 1640 g/mol. The Morgan fingerprint density at radius 1 is 0.395 bits per heavy atom. The predicted octanol–water partition coefficient (Wildman–Crippen LogP) is 1.18. The van der Waals surface area contributed by atoms with Gasteiger partial charge in [0, 0.05) is 62.3 Å². The van der Waals surface area contributed by atoms with Gasteiger partial charge in [-0.3, -0.25) is 14.4 Å². The van der Waals surface area contributed by atoms with Crippen LogP contribution in [0.15, 0.2) is 39.5 Å². The van der Waals surface area contributed by atoms with Crippen molar-refractivity contribution in [2.45, 2.75) is 57.9 Å². The van der Waals surface area contributed by atoms with Crippen molar-refractivity contribution >= 4 is 40.3 Å². The molecule has 114 heavy (non-hydrogen) atoms. The highest BCUT2D eigenvalue weighted by Crippen LogP contribution is 2.22. The Balaban J connectivity index is 0.967. The largest absolute Gasteiger partial charge is 0.492 e. The molecule has 0 spiro atoms. The number of hydrogen-bond donors (Lipinski definition) is 6. The van der Waals surface area contributed by atoms with Crippen LogP contribution in [-0.4, -0.2) is 375 Å². The fraction of sp³-hybridized carbons (Fsp3) is 0.776. The minimum absolute atomic E-state index is 0.0109. The number of hydrogen-bond acceptors (Lipinski definition) is 34. The van der Waals surface area contributed by atoms with Crippen molar-refractivity contribution in [3.8, 4) is 11.8 Å². The van der Waals surface area contributed by atoms with E-state index in [9.17, 15) is 34.2 Å². The highest BCUT2D eigenvalue weighted by atomic mass is 16.7. The van der Waals surface area contributed by atoms with E-state index in [1.54, 1.807) is 26.2 Å². The number of nitrogens with one attached hydrogen (secondary N) is 3. The molecule has 658 valence electrons. The van der Waals surface area contributed by atoms with Gasteiger partial charge in [0.05, 0.1) is 323 Å². The molecule has 2 heterocycles. The predicted molar refractivity (Wildman–Crippen MR) is 411 cm³/mol. The van der Waals surface area contributed by atoms with Crippen molar-refractivity contribution in [2.75, 3.05) is 336 Å². The molecule has 3 aromatic rings. The van der Waals surface area contributed by atoms with Crippen LogP contribution >= 0.6 is 0 Å². The summed E-state index contributed by atoms with van der Waals surface area (Å²) >= 11 is 0. The third-order valence-electron chi connectivity index (χ3n) is 15.5. The smallest absolute Gasteiger partial charge is 0.340 e. The molecule has 0 bridgehead atoms. The van der Waals surface area contributed by atoms with Crippen molar-refractivity contribution in [3.05, 3.63) is 51.9 Å². The molecule has 38 heteroatoms. The first kappa shape index (κ1) is 102. The number of rotatable bonds is 86. The normalized spacial score (nSPS) is 11.8. The lowest BCUT2D eigenvalue weighted by Gasteiger charge is -2.19. The first-order valence-electron chi connectivity index (χ1n) is 39.2. The molecular weight excluding hydrogens is 1510 g/mol. The summed E-state index contributed by atoms with van der Waals surface area (Å²) in [5, 5.41) is 28.1. The fourth-order valence-electron chi connectivity index (χ4n) is 9.55. The number of unbranched alkanes of at least 4 members (excludes halogenated alkanes) is 2. The number of carbonyl (C=O) groups excluding carboxylic acids is 4. The van der Waals surface area contributed by atoms with Crippen molar-refractivity contribution in [1.29, 1.82) is 0 Å². The van der Waals surface area contributed by atoms with Crippen molar-refractivity contribution in [1.82, 2.24) is 20.7 Å². The van der Waals surface area contributed by atoms with Crippen molar-refractivity contribution in [3.63, 3.8) is 0 Å². The van der Waals surface area contributed by atoms with Gasteiger partial charge in [-0.05, 0) is 43.9 Å². The van der Waals surface area contributed by atoms with Crippen LogP contribution in [-0.2, 0) is 139 Å². The number of carbonyl (C=O) groups is 4. The number of anilines is 1. The van der Waals surface area contributed by atoms with Gasteiger partial charge in [0.2, 0.25) is 29.5 Å². The lowest BCUT2D eigenvalue weighted by molar-refractivity contribution is -0.145. The summed E-state index contributed by atoms with van der Waals surface area (Å²) in [6, 6.07) is 6.09. The number of nitrogen functional groups attached to an aromatic ring is 1. The molecule has 3 amide bonds. The molecule has 0 radical (unpaired) electrons. The first-order chi connectivity index (χ1) is 56.0. The highest BCUT2D eigenvalue weighted by Gasteiger charge is 2.24. The Kier molecular flexibility index (Phi) is 67.9. The lowest BCUT2D eigenvalue weighted by atomic mass is 10.0. The molecule has 0 fully saturated rings. The Labute approximate surface area is 669 Å². The number of fused-ring (bicyclic) bond motifs is 1. The van der Waals surface area contributed by atoms with E-state index in [2.05, 4.69) is 16.0 Å². The molecule has 7 N–H and O–H groups in total. The number of nitrogens with two attached hydrogens (primary N) is 1. The SMILES string of the molecule is COCCOCCOCCOCCOCCOCCOCCOCCOCCOCCOCCOCCOCCOCCOCCOCCOCCOCCOCCOCCOCCOCCOCCOCCNC(=O)C(CCC(=O)NCCCCCC(=O)On1c(O)ccc1O)NC(=O)Cc1c(C)c2ccc(N)cc2oc1=O. The maximum Gasteiger partial charge on any atom is 0.340 e. The molecule has 0 saturated carbocycles. The van der Waals surface area contributed by atoms with Gasteiger partial charge in [-0.1, -0.05) is 6.42 Å². The van der Waals surface area contributed by atoms with Gasteiger partial charge >= 0.3 is 11.6 Å². The number of methoxy groups -OCH3 is 1. The highest BCUT2D eigenvalue weighted by molar-refractivity contribution is 5.90. The van der Waals surface area contributed by atoms with E-state index in [1.807, 2.05) is 0 Å². The minimum atomic E-state index is -1.13. The van der Waals surface area contributed by atoms with Crippen LogP contribution in [0.25, 0.3) is 11.0 Å². The van der Waals surface area contributed by atoms with Gasteiger partial charge in [-0.25, -0.2) is 9.59 Å². The Morgan fingerprint density at radius 3 is 1.04 bits per heavy atom. The fourth-order valence-corrected chi connectivity index (χ4v) is 9.55. The number of benzene rings is 1. The zero-order valence-electron chi connectivity index (χ0n) is 67.1. The molecule has 38 nitrogen and oxygen atoms in total. The van der Waals surface area contributed by atoms with E-state index in [0.717, 1.165) is 0 Å². The van der Waals surface area contributed by atoms with Crippen LogP contribution in [0.3, 0.4) is 0 Å². The third-order valence-corrected chi connectivity index (χ3v) is 15.5. The maximum absolute atomic E-state index is 13.4.